The molecule has 0 aromatic heterocycles. The summed E-state index contributed by atoms with van der Waals surface area (Å²) < 4.78 is 5.07. The van der Waals surface area contributed by atoms with Crippen LogP contribution in [0.15, 0.2) is 24.3 Å². The van der Waals surface area contributed by atoms with E-state index in [1.807, 2.05) is 12.1 Å². The number of nitrogens with zero attached hydrogens (tertiary/aromatic N) is 1. The van der Waals surface area contributed by atoms with Gasteiger partial charge in [-0.25, -0.2) is 4.79 Å². The Morgan fingerprint density at radius 1 is 1.59 bits per heavy atom. The van der Waals surface area contributed by atoms with Gasteiger partial charge >= 0.3 is 5.97 Å². The molecule has 1 aromatic rings. The molecule has 0 aliphatic carbocycles. The van der Waals surface area contributed by atoms with Gasteiger partial charge in [0.25, 0.3) is 0 Å². The van der Waals surface area contributed by atoms with Crippen LogP contribution in [0.2, 0.25) is 0 Å². The monoisotopic (exact) mass is 235 g/mol. The van der Waals surface area contributed by atoms with Crippen LogP contribution in [-0.4, -0.2) is 35.0 Å². The fourth-order valence-corrected chi connectivity index (χ4v) is 1.84. The summed E-state index contributed by atoms with van der Waals surface area (Å²) in [5, 5.41) is 8.88. The molecular weight excluding hydrogens is 222 g/mol. The average molecular weight is 235 g/mol. The molecule has 1 atom stereocenters. The molecule has 0 unspecified atom stereocenters. The van der Waals surface area contributed by atoms with E-state index in [0.29, 0.717) is 12.3 Å². The maximum Gasteiger partial charge on any atom is 0.326 e. The minimum Gasteiger partial charge on any atom is -0.497 e. The molecule has 5 nitrogen and oxygen atoms in total. The number of benzene rings is 1. The van der Waals surface area contributed by atoms with Crippen molar-refractivity contribution in [2.45, 2.75) is 19.0 Å². The summed E-state index contributed by atoms with van der Waals surface area (Å²) in [4.78, 5) is 23.5. The highest BCUT2D eigenvalue weighted by molar-refractivity contribution is 5.94. The first-order valence-electron chi connectivity index (χ1n) is 5.27. The maximum absolute atomic E-state index is 11.3. The van der Waals surface area contributed by atoms with Gasteiger partial charge in [-0.2, -0.15) is 0 Å². The van der Waals surface area contributed by atoms with E-state index in [2.05, 4.69) is 0 Å². The van der Waals surface area contributed by atoms with Crippen molar-refractivity contribution in [3.8, 4) is 5.75 Å². The SMILES string of the molecule is COc1cccc(CN2C(=O)C[C@@H]2C(=O)O)c1. The van der Waals surface area contributed by atoms with Crippen LogP contribution in [0.25, 0.3) is 0 Å². The lowest BCUT2D eigenvalue weighted by atomic mass is 10.0. The molecular formula is C12H13NO4. The van der Waals surface area contributed by atoms with Crippen molar-refractivity contribution in [2.75, 3.05) is 7.11 Å². The fraction of sp³-hybridized carbons (Fsp3) is 0.333. The Morgan fingerprint density at radius 2 is 2.35 bits per heavy atom. The zero-order valence-corrected chi connectivity index (χ0v) is 9.42. The summed E-state index contributed by atoms with van der Waals surface area (Å²) in [7, 11) is 1.56. The molecule has 0 bridgehead atoms. The molecule has 1 N–H and O–H groups in total. The number of aliphatic carboxylic acids is 1. The van der Waals surface area contributed by atoms with Crippen molar-refractivity contribution >= 4 is 11.9 Å². The van der Waals surface area contributed by atoms with Crippen LogP contribution in [-0.2, 0) is 16.1 Å². The molecule has 5 heteroatoms. The second kappa shape index (κ2) is 4.45. The van der Waals surface area contributed by atoms with E-state index < -0.39 is 12.0 Å². The van der Waals surface area contributed by atoms with Crippen molar-refractivity contribution < 1.29 is 19.4 Å². The zero-order chi connectivity index (χ0) is 12.4. The van der Waals surface area contributed by atoms with Gasteiger partial charge in [0.15, 0.2) is 0 Å². The molecule has 90 valence electrons. The number of rotatable bonds is 4. The molecule has 17 heavy (non-hydrogen) atoms. The molecule has 2 rings (SSSR count). The third-order valence-electron chi connectivity index (χ3n) is 2.84. The van der Waals surface area contributed by atoms with Crippen LogP contribution in [0.5, 0.6) is 5.75 Å². The summed E-state index contributed by atoms with van der Waals surface area (Å²) in [6, 6.07) is 6.57. The molecule has 1 aliphatic rings. The summed E-state index contributed by atoms with van der Waals surface area (Å²) >= 11 is 0. The van der Waals surface area contributed by atoms with E-state index in [0.717, 1.165) is 5.56 Å². The number of carbonyl (C=O) groups excluding carboxylic acids is 1. The highest BCUT2D eigenvalue weighted by Gasteiger charge is 2.40. The Labute approximate surface area is 98.6 Å². The highest BCUT2D eigenvalue weighted by atomic mass is 16.5. The summed E-state index contributed by atoms with van der Waals surface area (Å²) in [6.07, 6.45) is 0.0965. The van der Waals surface area contributed by atoms with E-state index in [-0.39, 0.29) is 12.3 Å². The number of methoxy groups -OCH3 is 1. The number of carboxylic acids is 1. The van der Waals surface area contributed by atoms with Crippen LogP contribution < -0.4 is 4.74 Å². The van der Waals surface area contributed by atoms with Crippen molar-refractivity contribution in [3.05, 3.63) is 29.8 Å². The molecule has 1 aromatic carbocycles. The van der Waals surface area contributed by atoms with Crippen LogP contribution in [0.3, 0.4) is 0 Å². The van der Waals surface area contributed by atoms with Crippen LogP contribution in [0, 0.1) is 0 Å². The molecule has 1 heterocycles. The second-order valence-electron chi connectivity index (χ2n) is 3.93. The summed E-state index contributed by atoms with van der Waals surface area (Å²) in [6.45, 7) is 0.312. The Hall–Kier alpha value is -2.04. The average Bonchev–Trinajstić information content (AvgIpc) is 2.33. The highest BCUT2D eigenvalue weighted by Crippen LogP contribution is 2.23. The quantitative estimate of drug-likeness (QED) is 0.787. The zero-order valence-electron chi connectivity index (χ0n) is 9.42. The molecule has 0 saturated carbocycles. The summed E-state index contributed by atoms with van der Waals surface area (Å²) in [5.74, 6) is -0.380. The van der Waals surface area contributed by atoms with Crippen LogP contribution >= 0.6 is 0 Å². The number of likely N-dealkylation sites (tertiary alicyclic amines) is 1. The molecule has 1 fully saturated rings. The normalized spacial score (nSPS) is 18.8. The van der Waals surface area contributed by atoms with Gasteiger partial charge in [-0.05, 0) is 17.7 Å². The third kappa shape index (κ3) is 2.22. The standard InChI is InChI=1S/C12H13NO4/c1-17-9-4-2-3-8(5-9)7-13-10(12(15)16)6-11(13)14/h2-5,10H,6-7H2,1H3,(H,15,16)/t10-/m1/s1. The minimum atomic E-state index is -0.951. The third-order valence-corrected chi connectivity index (χ3v) is 2.84. The lowest BCUT2D eigenvalue weighted by Gasteiger charge is -2.37. The van der Waals surface area contributed by atoms with E-state index in [9.17, 15) is 9.59 Å². The van der Waals surface area contributed by atoms with Crippen LogP contribution in [0.4, 0.5) is 0 Å². The van der Waals surface area contributed by atoms with Crippen molar-refractivity contribution in [2.24, 2.45) is 0 Å². The number of hydrogen-bond donors (Lipinski definition) is 1. The lowest BCUT2D eigenvalue weighted by molar-refractivity contribution is -0.162. The number of hydrogen-bond acceptors (Lipinski definition) is 3. The predicted octanol–water partition coefficient (Wildman–Crippen LogP) is 0.881. The number of carbonyl (C=O) groups is 2. The minimum absolute atomic E-state index is 0.0965. The number of ether oxygens (including phenoxy) is 1. The van der Waals surface area contributed by atoms with Gasteiger partial charge in [-0.15, -0.1) is 0 Å². The van der Waals surface area contributed by atoms with Gasteiger partial charge in [0.05, 0.1) is 13.5 Å². The largest absolute Gasteiger partial charge is 0.497 e. The smallest absolute Gasteiger partial charge is 0.326 e. The van der Waals surface area contributed by atoms with Gasteiger partial charge < -0.3 is 14.7 Å². The number of β-lactam (4-membered cyclic amide) rings is 1. The van der Waals surface area contributed by atoms with E-state index in [1.165, 1.54) is 4.90 Å². The van der Waals surface area contributed by atoms with E-state index >= 15 is 0 Å². The molecule has 1 saturated heterocycles. The van der Waals surface area contributed by atoms with Crippen molar-refractivity contribution in [1.29, 1.82) is 0 Å². The molecule has 1 amide bonds. The lowest BCUT2D eigenvalue weighted by Crippen LogP contribution is -2.55. The predicted molar refractivity (Wildman–Crippen MR) is 59.6 cm³/mol. The first kappa shape index (κ1) is 11.4. The Bertz CT molecular complexity index is 458. The Kier molecular flexibility index (Phi) is 2.99. The molecule has 1 aliphatic heterocycles. The second-order valence-corrected chi connectivity index (χ2v) is 3.93. The number of carboxylic acid groups (broad SMARTS) is 1. The maximum atomic E-state index is 11.3. The number of amides is 1. The summed E-state index contributed by atoms with van der Waals surface area (Å²) in [5.41, 5.74) is 0.864. The topological polar surface area (TPSA) is 66.8 Å². The van der Waals surface area contributed by atoms with E-state index in [1.54, 1.807) is 19.2 Å². The van der Waals surface area contributed by atoms with Gasteiger partial charge in [0.2, 0.25) is 5.91 Å². The molecule has 0 spiro atoms. The van der Waals surface area contributed by atoms with Gasteiger partial charge in [0.1, 0.15) is 11.8 Å². The van der Waals surface area contributed by atoms with E-state index in [4.69, 9.17) is 9.84 Å². The van der Waals surface area contributed by atoms with Crippen molar-refractivity contribution in [1.82, 2.24) is 4.90 Å². The van der Waals surface area contributed by atoms with Crippen molar-refractivity contribution in [3.63, 3.8) is 0 Å². The molecule has 0 radical (unpaired) electrons. The first-order valence-corrected chi connectivity index (χ1v) is 5.27. The van der Waals surface area contributed by atoms with Gasteiger partial charge in [0, 0.05) is 6.54 Å². The Morgan fingerprint density at radius 3 is 2.94 bits per heavy atom. The van der Waals surface area contributed by atoms with Gasteiger partial charge in [-0.3, -0.25) is 4.79 Å². The van der Waals surface area contributed by atoms with Crippen LogP contribution in [0.1, 0.15) is 12.0 Å². The Balaban J connectivity index is 2.09. The van der Waals surface area contributed by atoms with Gasteiger partial charge in [-0.1, -0.05) is 12.1 Å². The first-order chi connectivity index (χ1) is 8.11. The fourth-order valence-electron chi connectivity index (χ4n) is 1.84.